The highest BCUT2D eigenvalue weighted by Gasteiger charge is 2.35. The molecule has 0 saturated carbocycles. The van der Waals surface area contributed by atoms with E-state index in [0.717, 1.165) is 35.6 Å². The van der Waals surface area contributed by atoms with Gasteiger partial charge in [-0.1, -0.05) is 55.5 Å². The van der Waals surface area contributed by atoms with Gasteiger partial charge in [0.15, 0.2) is 11.9 Å². The van der Waals surface area contributed by atoms with Crippen molar-refractivity contribution in [2.75, 3.05) is 32.1 Å². The highest BCUT2D eigenvalue weighted by Crippen LogP contribution is 2.36. The number of carbonyl (C=O) groups excluding carboxylic acids is 2. The van der Waals surface area contributed by atoms with Gasteiger partial charge < -0.3 is 29.9 Å². The molecule has 2 amide bonds. The molecule has 0 aromatic heterocycles. The van der Waals surface area contributed by atoms with Crippen LogP contribution >= 0.6 is 0 Å². The molecule has 0 aliphatic carbocycles. The third-order valence-corrected chi connectivity index (χ3v) is 8.60. The van der Waals surface area contributed by atoms with Crippen LogP contribution in [0.2, 0.25) is 0 Å². The van der Waals surface area contributed by atoms with Crippen LogP contribution in [0.25, 0.3) is 0 Å². The summed E-state index contributed by atoms with van der Waals surface area (Å²) < 4.78 is 51.6. The zero-order valence-electron chi connectivity index (χ0n) is 27.9. The fraction of sp³-hybridized carbons (Fsp3) is 0.316. The van der Waals surface area contributed by atoms with E-state index >= 15 is 0 Å². The molecule has 0 fully saturated rings. The second kappa shape index (κ2) is 15.8. The summed E-state index contributed by atoms with van der Waals surface area (Å²) in [5, 5.41) is 23.3. The second-order valence-corrected chi connectivity index (χ2v) is 12.6. The Balaban J connectivity index is 1.36. The Labute approximate surface area is 288 Å². The van der Waals surface area contributed by atoms with Gasteiger partial charge in [0.1, 0.15) is 17.6 Å². The van der Waals surface area contributed by atoms with Crippen molar-refractivity contribution in [3.63, 3.8) is 0 Å². The second-order valence-electron chi connectivity index (χ2n) is 12.6. The lowest BCUT2D eigenvalue weighted by atomic mass is 9.98. The summed E-state index contributed by atoms with van der Waals surface area (Å²) in [7, 11) is 1.94. The van der Waals surface area contributed by atoms with Crippen LogP contribution in [0.3, 0.4) is 0 Å². The van der Waals surface area contributed by atoms with Gasteiger partial charge in [-0.3, -0.25) is 14.5 Å². The van der Waals surface area contributed by atoms with E-state index in [2.05, 4.69) is 10.2 Å². The number of likely N-dealkylation sites (N-methyl/N-ethyl adjacent to an activating group) is 1. The Bertz CT molecular complexity index is 1750. The molecule has 3 N–H and O–H groups in total. The first kappa shape index (κ1) is 36.4. The molecular formula is C38H40F3N3O6. The lowest BCUT2D eigenvalue weighted by molar-refractivity contribution is -0.137. The van der Waals surface area contributed by atoms with Crippen LogP contribution in [0.15, 0.2) is 97.1 Å². The number of rotatable bonds is 11. The maximum Gasteiger partial charge on any atom is 0.416 e. The number of anilines is 1. The number of aliphatic hydroxyl groups is 2. The van der Waals surface area contributed by atoms with E-state index in [9.17, 15) is 33.0 Å². The summed E-state index contributed by atoms with van der Waals surface area (Å²) in [6.45, 7) is 4.71. The van der Waals surface area contributed by atoms with Gasteiger partial charge >= 0.3 is 6.18 Å². The zero-order chi connectivity index (χ0) is 36.0. The lowest BCUT2D eigenvalue weighted by Gasteiger charge is -2.38. The van der Waals surface area contributed by atoms with Crippen LogP contribution in [0.5, 0.6) is 17.2 Å². The van der Waals surface area contributed by atoms with Gasteiger partial charge in [-0.25, -0.2) is 0 Å². The van der Waals surface area contributed by atoms with Crippen LogP contribution < -0.4 is 14.8 Å². The third kappa shape index (κ3) is 8.81. The molecule has 50 heavy (non-hydrogen) atoms. The number of fused-ring (bicyclic) bond motifs is 1. The van der Waals surface area contributed by atoms with Crippen molar-refractivity contribution in [2.24, 2.45) is 5.92 Å². The van der Waals surface area contributed by atoms with Crippen molar-refractivity contribution in [1.29, 1.82) is 0 Å². The van der Waals surface area contributed by atoms with Crippen molar-refractivity contribution >= 4 is 17.5 Å². The van der Waals surface area contributed by atoms with Gasteiger partial charge in [0, 0.05) is 25.6 Å². The van der Waals surface area contributed by atoms with Gasteiger partial charge in [0.25, 0.3) is 11.8 Å². The fourth-order valence-corrected chi connectivity index (χ4v) is 5.74. The smallest absolute Gasteiger partial charge is 0.416 e. The summed E-state index contributed by atoms with van der Waals surface area (Å²) >= 11 is 0. The fourth-order valence-electron chi connectivity index (χ4n) is 5.74. The van der Waals surface area contributed by atoms with Crippen molar-refractivity contribution in [2.45, 2.75) is 44.8 Å². The molecule has 4 aromatic rings. The van der Waals surface area contributed by atoms with Crippen molar-refractivity contribution in [1.82, 2.24) is 9.80 Å². The number of benzene rings is 4. The molecule has 4 aromatic carbocycles. The minimum absolute atomic E-state index is 0.0398. The SMILES string of the molecule is C[C@@H]1CN([C@@H](C)CO)C(=O)c2cccc(NC(=O)C(O)c3ccc(C(F)(F)F)cc3)c2O[C@@H]1CN(C)Cc1ccc(Oc2ccccc2)cc1. The predicted octanol–water partition coefficient (Wildman–Crippen LogP) is 6.52. The van der Waals surface area contributed by atoms with Crippen LogP contribution in [0, 0.1) is 5.92 Å². The van der Waals surface area contributed by atoms with Crippen molar-refractivity contribution < 1.29 is 42.4 Å². The predicted molar refractivity (Wildman–Crippen MR) is 182 cm³/mol. The number of hydrogen-bond acceptors (Lipinski definition) is 7. The molecule has 9 nitrogen and oxygen atoms in total. The Morgan fingerprint density at radius 1 is 1.00 bits per heavy atom. The van der Waals surface area contributed by atoms with E-state index < -0.39 is 41.8 Å². The summed E-state index contributed by atoms with van der Waals surface area (Å²) in [6, 6.07) is 25.0. The normalized spacial score (nSPS) is 17.6. The molecule has 0 spiro atoms. The number of halogens is 3. The zero-order valence-corrected chi connectivity index (χ0v) is 27.9. The summed E-state index contributed by atoms with van der Waals surface area (Å²) in [4.78, 5) is 30.7. The molecule has 1 unspecified atom stereocenters. The lowest BCUT2D eigenvalue weighted by Crippen LogP contribution is -2.49. The maximum atomic E-state index is 13.8. The summed E-state index contributed by atoms with van der Waals surface area (Å²) in [5.41, 5.74) is 0.343. The molecule has 5 rings (SSSR count). The first-order valence-electron chi connectivity index (χ1n) is 16.2. The number of carbonyl (C=O) groups is 2. The van der Waals surface area contributed by atoms with E-state index in [-0.39, 0.29) is 35.1 Å². The van der Waals surface area contributed by atoms with Gasteiger partial charge in [-0.2, -0.15) is 13.2 Å². The Morgan fingerprint density at radius 2 is 1.66 bits per heavy atom. The first-order valence-corrected chi connectivity index (χ1v) is 16.2. The van der Waals surface area contributed by atoms with E-state index in [1.807, 2.05) is 68.6 Å². The molecule has 264 valence electrons. The number of ether oxygens (including phenoxy) is 2. The Morgan fingerprint density at radius 3 is 2.30 bits per heavy atom. The number of nitrogens with one attached hydrogen (secondary N) is 1. The van der Waals surface area contributed by atoms with Crippen molar-refractivity contribution in [3.05, 3.63) is 119 Å². The molecule has 1 heterocycles. The largest absolute Gasteiger partial charge is 0.486 e. The topological polar surface area (TPSA) is 112 Å². The summed E-state index contributed by atoms with van der Waals surface area (Å²) in [5.74, 6) is -0.00643. The highest BCUT2D eigenvalue weighted by molar-refractivity contribution is 6.02. The van der Waals surface area contributed by atoms with Gasteiger partial charge in [-0.15, -0.1) is 0 Å². The van der Waals surface area contributed by atoms with E-state index in [1.165, 1.54) is 6.07 Å². The Kier molecular flexibility index (Phi) is 11.5. The molecular weight excluding hydrogens is 651 g/mol. The molecule has 4 atom stereocenters. The summed E-state index contributed by atoms with van der Waals surface area (Å²) in [6.07, 6.45) is -6.85. The number of aliphatic hydroxyl groups excluding tert-OH is 2. The number of amides is 2. The van der Waals surface area contributed by atoms with Crippen LogP contribution in [-0.4, -0.2) is 70.7 Å². The van der Waals surface area contributed by atoms with Gasteiger partial charge in [0.05, 0.1) is 29.5 Å². The number of nitrogens with zero attached hydrogens (tertiary/aromatic N) is 2. The Hall–Kier alpha value is -4.91. The molecule has 1 aliphatic rings. The van der Waals surface area contributed by atoms with Crippen LogP contribution in [0.1, 0.15) is 47.0 Å². The molecule has 1 aliphatic heterocycles. The number of hydrogen-bond donors (Lipinski definition) is 3. The number of para-hydroxylation sites is 2. The molecule has 0 radical (unpaired) electrons. The van der Waals surface area contributed by atoms with Gasteiger partial charge in [0.2, 0.25) is 0 Å². The highest BCUT2D eigenvalue weighted by atomic mass is 19.4. The first-order chi connectivity index (χ1) is 23.8. The van der Waals surface area contributed by atoms with Crippen LogP contribution in [-0.2, 0) is 17.5 Å². The molecule has 0 bridgehead atoms. The third-order valence-electron chi connectivity index (χ3n) is 8.60. The van der Waals surface area contributed by atoms with E-state index in [0.29, 0.717) is 25.4 Å². The van der Waals surface area contributed by atoms with Crippen molar-refractivity contribution in [3.8, 4) is 17.2 Å². The van der Waals surface area contributed by atoms with Gasteiger partial charge in [-0.05, 0) is 73.6 Å². The minimum Gasteiger partial charge on any atom is -0.486 e. The minimum atomic E-state index is -4.57. The van der Waals surface area contributed by atoms with E-state index in [4.69, 9.17) is 9.47 Å². The molecule has 12 heteroatoms. The maximum absolute atomic E-state index is 13.8. The number of alkyl halides is 3. The monoisotopic (exact) mass is 691 g/mol. The van der Waals surface area contributed by atoms with E-state index in [1.54, 1.807) is 24.0 Å². The molecule has 0 saturated heterocycles. The average molecular weight is 692 g/mol. The average Bonchev–Trinajstić information content (AvgIpc) is 3.10. The standard InChI is InChI=1S/C38H40F3N3O6/c1-24-20-44(25(2)23-45)37(48)31-10-7-11-32(42-36(47)34(46)27-14-16-28(17-15-27)38(39,40)41)35(31)50-33(24)22-43(3)21-26-12-18-30(19-13-26)49-29-8-5-4-6-9-29/h4-19,24-25,33-34,45-46H,20-23H2,1-3H3,(H,42,47)/t24-,25+,33-,34?/m1/s1. The van der Waals surface area contributed by atoms with Crippen LogP contribution in [0.4, 0.5) is 18.9 Å². The quantitative estimate of drug-likeness (QED) is 0.164.